The van der Waals surface area contributed by atoms with Crippen LogP contribution in [-0.4, -0.2) is 60.9 Å². The first-order valence-electron chi connectivity index (χ1n) is 11.1. The number of hydrogen-bond acceptors (Lipinski definition) is 5. The van der Waals surface area contributed by atoms with E-state index in [-0.39, 0.29) is 24.5 Å². The maximum Gasteiger partial charge on any atom is 0.260 e. The molecule has 7 nitrogen and oxygen atoms in total. The highest BCUT2D eigenvalue weighted by Gasteiger charge is 2.26. The van der Waals surface area contributed by atoms with Crippen molar-refractivity contribution in [2.45, 2.75) is 39.7 Å². The molecule has 0 atom stereocenters. The number of likely N-dealkylation sites (tertiary alicyclic amines) is 1. The van der Waals surface area contributed by atoms with E-state index in [0.717, 1.165) is 54.0 Å². The zero-order valence-corrected chi connectivity index (χ0v) is 19.5. The van der Waals surface area contributed by atoms with E-state index in [1.165, 1.54) is 0 Å². The van der Waals surface area contributed by atoms with Crippen molar-refractivity contribution in [3.05, 3.63) is 53.1 Å². The van der Waals surface area contributed by atoms with Crippen LogP contribution in [0.1, 0.15) is 29.5 Å². The Morgan fingerprint density at radius 3 is 2.44 bits per heavy atom. The van der Waals surface area contributed by atoms with Crippen molar-refractivity contribution in [2.75, 3.05) is 44.3 Å². The molecule has 172 valence electrons. The molecule has 0 radical (unpaired) electrons. The average molecular weight is 439 g/mol. The van der Waals surface area contributed by atoms with Gasteiger partial charge in [-0.2, -0.15) is 0 Å². The molecule has 3 N–H and O–H groups in total. The Bertz CT molecular complexity index is 953. The summed E-state index contributed by atoms with van der Waals surface area (Å²) in [5.41, 5.74) is 10.5. The summed E-state index contributed by atoms with van der Waals surface area (Å²) < 4.78 is 5.85. The quantitative estimate of drug-likeness (QED) is 0.649. The Morgan fingerprint density at radius 2 is 1.78 bits per heavy atom. The van der Waals surface area contributed by atoms with Gasteiger partial charge in [-0.3, -0.25) is 14.5 Å². The zero-order valence-electron chi connectivity index (χ0n) is 19.5. The number of aryl methyl sites for hydroxylation is 1. The highest BCUT2D eigenvalue weighted by atomic mass is 16.5. The van der Waals surface area contributed by atoms with Gasteiger partial charge in [0.15, 0.2) is 6.61 Å². The van der Waals surface area contributed by atoms with E-state index in [0.29, 0.717) is 12.3 Å². The average Bonchev–Trinajstić information content (AvgIpc) is 2.79. The molecule has 0 spiro atoms. The molecular weight excluding hydrogens is 404 g/mol. The molecule has 2 amide bonds. The second-order valence-electron chi connectivity index (χ2n) is 8.57. The number of nitrogen functional groups attached to an aromatic ring is 1. The minimum Gasteiger partial charge on any atom is -0.483 e. The number of nitrogens with two attached hydrogens (primary N) is 1. The van der Waals surface area contributed by atoms with Gasteiger partial charge in [-0.15, -0.1) is 0 Å². The van der Waals surface area contributed by atoms with Crippen molar-refractivity contribution in [1.29, 1.82) is 0 Å². The highest BCUT2D eigenvalue weighted by Crippen LogP contribution is 2.29. The van der Waals surface area contributed by atoms with Crippen molar-refractivity contribution in [2.24, 2.45) is 0 Å². The van der Waals surface area contributed by atoms with Gasteiger partial charge in [0.05, 0.1) is 6.54 Å². The van der Waals surface area contributed by atoms with Crippen LogP contribution >= 0.6 is 0 Å². The number of carbonyl (C=O) groups is 2. The lowest BCUT2D eigenvalue weighted by atomic mass is 10.0. The molecule has 0 bridgehead atoms. The van der Waals surface area contributed by atoms with Crippen molar-refractivity contribution >= 4 is 23.2 Å². The van der Waals surface area contributed by atoms with Gasteiger partial charge in [0.2, 0.25) is 5.91 Å². The zero-order chi connectivity index (χ0) is 23.3. The van der Waals surface area contributed by atoms with Crippen molar-refractivity contribution < 1.29 is 14.3 Å². The predicted octanol–water partition coefficient (Wildman–Crippen LogP) is 3.13. The molecule has 7 heteroatoms. The summed E-state index contributed by atoms with van der Waals surface area (Å²) in [7, 11) is 1.83. The highest BCUT2D eigenvalue weighted by molar-refractivity contribution is 5.92. The number of amides is 2. The Morgan fingerprint density at radius 1 is 1.12 bits per heavy atom. The fraction of sp³-hybridized carbons (Fsp3) is 0.440. The van der Waals surface area contributed by atoms with Gasteiger partial charge < -0.3 is 20.7 Å². The minimum atomic E-state index is -0.0446. The molecule has 1 saturated heterocycles. The van der Waals surface area contributed by atoms with Gasteiger partial charge in [-0.05, 0) is 68.5 Å². The Kier molecular flexibility index (Phi) is 7.75. The molecule has 0 unspecified atom stereocenters. The lowest BCUT2D eigenvalue weighted by molar-refractivity contribution is -0.135. The van der Waals surface area contributed by atoms with Gasteiger partial charge in [-0.25, -0.2) is 0 Å². The lowest BCUT2D eigenvalue weighted by Crippen LogP contribution is -2.48. The third-order valence-corrected chi connectivity index (χ3v) is 6.38. The van der Waals surface area contributed by atoms with Crippen LogP contribution in [0.15, 0.2) is 36.4 Å². The summed E-state index contributed by atoms with van der Waals surface area (Å²) >= 11 is 0. The smallest absolute Gasteiger partial charge is 0.260 e. The van der Waals surface area contributed by atoms with Crippen LogP contribution in [0, 0.1) is 20.8 Å². The standard InChI is InChI=1S/C25H34N4O3/c1-17-14-22(18(2)19(3)25(17)26)32-16-24(31)28(4)21-10-12-29(13-11-21)15-23(30)27-20-8-6-5-7-9-20/h5-9,14,21H,10-13,15-16,26H2,1-4H3,(H,27,30). The van der Waals surface area contributed by atoms with E-state index in [1.807, 2.05) is 64.2 Å². The number of likely N-dealkylation sites (N-methyl/N-ethyl adjacent to an activating group) is 1. The first-order valence-corrected chi connectivity index (χ1v) is 11.1. The van der Waals surface area contributed by atoms with Gasteiger partial charge in [-0.1, -0.05) is 18.2 Å². The number of rotatable bonds is 7. The Hall–Kier alpha value is -3.06. The molecule has 2 aromatic rings. The number of para-hydroxylation sites is 1. The van der Waals surface area contributed by atoms with Gasteiger partial charge >= 0.3 is 0 Å². The number of carbonyl (C=O) groups excluding carboxylic acids is 2. The van der Waals surface area contributed by atoms with Crippen LogP contribution in [0.3, 0.4) is 0 Å². The predicted molar refractivity (Wildman–Crippen MR) is 128 cm³/mol. The van der Waals surface area contributed by atoms with Crippen molar-refractivity contribution in [1.82, 2.24) is 9.80 Å². The molecule has 3 rings (SSSR count). The van der Waals surface area contributed by atoms with Crippen molar-refractivity contribution in [3.8, 4) is 5.75 Å². The van der Waals surface area contributed by atoms with Crippen LogP contribution in [-0.2, 0) is 9.59 Å². The number of ether oxygens (including phenoxy) is 1. The molecule has 0 aromatic heterocycles. The minimum absolute atomic E-state index is 0.000165. The van der Waals surface area contributed by atoms with Crippen LogP contribution in [0.5, 0.6) is 5.75 Å². The monoisotopic (exact) mass is 438 g/mol. The third kappa shape index (κ3) is 5.79. The molecule has 1 heterocycles. The third-order valence-electron chi connectivity index (χ3n) is 6.38. The molecule has 0 saturated carbocycles. The number of nitrogens with one attached hydrogen (secondary N) is 1. The summed E-state index contributed by atoms with van der Waals surface area (Å²) in [5, 5.41) is 2.92. The fourth-order valence-corrected chi connectivity index (χ4v) is 4.05. The van der Waals surface area contributed by atoms with E-state index >= 15 is 0 Å². The van der Waals surface area contributed by atoms with E-state index in [2.05, 4.69) is 10.2 Å². The summed E-state index contributed by atoms with van der Waals surface area (Å²) in [4.78, 5) is 28.9. The summed E-state index contributed by atoms with van der Waals surface area (Å²) in [6.45, 7) is 7.78. The van der Waals surface area contributed by atoms with Crippen LogP contribution in [0.25, 0.3) is 0 Å². The molecule has 1 aliphatic heterocycles. The topological polar surface area (TPSA) is 87.9 Å². The normalized spacial score (nSPS) is 14.8. The van der Waals surface area contributed by atoms with E-state index < -0.39 is 0 Å². The van der Waals surface area contributed by atoms with Gasteiger partial charge in [0.1, 0.15) is 5.75 Å². The molecular formula is C25H34N4O3. The number of anilines is 2. The first-order chi connectivity index (χ1) is 15.3. The molecule has 0 aliphatic carbocycles. The molecule has 1 fully saturated rings. The van der Waals surface area contributed by atoms with Gasteiger partial charge in [0.25, 0.3) is 5.91 Å². The first kappa shape index (κ1) is 23.6. The van der Waals surface area contributed by atoms with E-state index in [4.69, 9.17) is 10.5 Å². The van der Waals surface area contributed by atoms with Crippen molar-refractivity contribution in [3.63, 3.8) is 0 Å². The van der Waals surface area contributed by atoms with Crippen LogP contribution < -0.4 is 15.8 Å². The van der Waals surface area contributed by atoms with Crippen LogP contribution in [0.2, 0.25) is 0 Å². The summed E-state index contributed by atoms with van der Waals surface area (Å²) in [6, 6.07) is 11.5. The second kappa shape index (κ2) is 10.5. The second-order valence-corrected chi connectivity index (χ2v) is 8.57. The summed E-state index contributed by atoms with van der Waals surface area (Å²) in [6.07, 6.45) is 1.67. The molecule has 2 aromatic carbocycles. The van der Waals surface area contributed by atoms with Gasteiger partial charge in [0, 0.05) is 37.6 Å². The fourth-order valence-electron chi connectivity index (χ4n) is 4.05. The van der Waals surface area contributed by atoms with Crippen LogP contribution in [0.4, 0.5) is 11.4 Å². The summed E-state index contributed by atoms with van der Waals surface area (Å²) in [5.74, 6) is 0.643. The number of hydrogen-bond donors (Lipinski definition) is 2. The Balaban J connectivity index is 1.45. The Labute approximate surface area is 190 Å². The lowest BCUT2D eigenvalue weighted by Gasteiger charge is -2.36. The SMILES string of the molecule is Cc1cc(OCC(=O)N(C)C2CCN(CC(=O)Nc3ccccc3)CC2)c(C)c(C)c1N. The molecule has 32 heavy (non-hydrogen) atoms. The maximum absolute atomic E-state index is 12.7. The number of benzene rings is 2. The largest absolute Gasteiger partial charge is 0.483 e. The van der Waals surface area contributed by atoms with E-state index in [1.54, 1.807) is 4.90 Å². The number of nitrogens with zero attached hydrogens (tertiary/aromatic N) is 2. The van der Waals surface area contributed by atoms with E-state index in [9.17, 15) is 9.59 Å². The maximum atomic E-state index is 12.7. The molecule has 1 aliphatic rings. The number of piperidine rings is 1.